The highest BCUT2D eigenvalue weighted by molar-refractivity contribution is 6.79. The first-order chi connectivity index (χ1) is 36.7. The maximum absolute atomic E-state index is 8.10. The summed E-state index contributed by atoms with van der Waals surface area (Å²) in [7, 11) is -5.34. The average Bonchev–Trinajstić information content (AvgIpc) is 3.67. The molecule has 1 unspecified atom stereocenters. The van der Waals surface area contributed by atoms with Gasteiger partial charge in [-0.3, -0.25) is 0 Å². The summed E-state index contributed by atoms with van der Waals surface area (Å²) in [6.07, 6.45) is 16.3. The summed E-state index contributed by atoms with van der Waals surface area (Å²) in [5, 5.41) is 2.49. The van der Waals surface area contributed by atoms with Gasteiger partial charge in [0.25, 0.3) is 0 Å². The van der Waals surface area contributed by atoms with E-state index in [1.807, 2.05) is 48.5 Å². The summed E-state index contributed by atoms with van der Waals surface area (Å²) >= 11 is 0. The Hall–Kier alpha value is -6.07. The standard InChI is InChI=1S/C69H80O6Si2/c1-13-67(14-2)41-43-68(44-42-67)61-46-48(4)18-36-58(61)62-57-35-17-47(3)45-60(57)64-59(63(62)68)37-40-69(72-64)50-21-25-52(26-22-50)71-54-29-33-56(34-30-54)74-77(11,12)75-76(9,10)73-55-31-27-53(28-32-55)70-51-23-19-49(20-24-51)65(5,6)38-15-16-39-66(69,7)8/h17-37,40,45-46H,13-16,38-39,41-44H2,1-12H3. The van der Waals surface area contributed by atoms with Gasteiger partial charge in [0.05, 0.1) is 0 Å². The second-order valence-electron chi connectivity index (χ2n) is 25.3. The maximum Gasteiger partial charge on any atom is 0.384 e. The van der Waals surface area contributed by atoms with Crippen molar-refractivity contribution in [1.82, 2.24) is 0 Å². The van der Waals surface area contributed by atoms with Crippen LogP contribution in [0.1, 0.15) is 145 Å². The first kappa shape index (κ1) is 53.0. The van der Waals surface area contributed by atoms with Gasteiger partial charge in [-0.1, -0.05) is 139 Å². The number of fused-ring (bicyclic) bond motifs is 10. The van der Waals surface area contributed by atoms with Crippen molar-refractivity contribution in [2.45, 2.75) is 162 Å². The molecule has 1 saturated carbocycles. The number of ether oxygens (including phenoxy) is 3. The summed E-state index contributed by atoms with van der Waals surface area (Å²) in [6.45, 7) is 27.2. The number of benzene rings is 7. The van der Waals surface area contributed by atoms with Crippen molar-refractivity contribution in [2.75, 3.05) is 0 Å². The van der Waals surface area contributed by atoms with Crippen molar-refractivity contribution in [2.24, 2.45) is 10.8 Å². The van der Waals surface area contributed by atoms with Crippen LogP contribution in [-0.2, 0) is 20.5 Å². The molecule has 6 nitrogen and oxygen atoms in total. The fourth-order valence-corrected chi connectivity index (χ4v) is 20.3. The minimum absolute atomic E-state index is 0.0341. The SMILES string of the molecule is CCC1(CC)CCC2(CC1)c1cc(C)ccc1-c1c2c2c(c3cc(C)ccc13)OC1(C=C2)c2ccc(cc2)Oc2ccc(cc2)O[Si](C)(C)O[Si](C)(C)Oc2ccc(cc2)Oc2ccc(cc2)C(C)(C)CCCCC1(C)C. The Morgan fingerprint density at radius 2 is 1.00 bits per heavy atom. The lowest BCUT2D eigenvalue weighted by atomic mass is 9.58. The van der Waals surface area contributed by atoms with Crippen LogP contribution >= 0.6 is 0 Å². The van der Waals surface area contributed by atoms with Crippen LogP contribution in [-0.4, -0.2) is 17.1 Å². The van der Waals surface area contributed by atoms with Crippen molar-refractivity contribution in [1.29, 1.82) is 0 Å². The zero-order valence-electron chi connectivity index (χ0n) is 47.9. The van der Waals surface area contributed by atoms with Crippen LogP contribution in [0.3, 0.4) is 0 Å². The first-order valence-corrected chi connectivity index (χ1v) is 34.2. The van der Waals surface area contributed by atoms with E-state index >= 15 is 0 Å². The van der Waals surface area contributed by atoms with Crippen LogP contribution in [0.4, 0.5) is 0 Å². The molecule has 8 heteroatoms. The summed E-state index contributed by atoms with van der Waals surface area (Å²) in [6, 6.07) is 47.4. The molecule has 2 aliphatic carbocycles. The lowest BCUT2D eigenvalue weighted by Gasteiger charge is -2.49. The number of hydrogen-bond donors (Lipinski definition) is 0. The largest absolute Gasteiger partial charge is 0.521 e. The fourth-order valence-electron chi connectivity index (χ4n) is 13.9. The molecule has 17 rings (SSSR count). The molecule has 10 aliphatic rings. The van der Waals surface area contributed by atoms with Gasteiger partial charge in [0.15, 0.2) is 5.60 Å². The van der Waals surface area contributed by atoms with Gasteiger partial charge < -0.3 is 27.2 Å². The predicted molar refractivity (Wildman–Crippen MR) is 321 cm³/mol. The van der Waals surface area contributed by atoms with Gasteiger partial charge in [-0.15, -0.1) is 0 Å². The molecule has 8 bridgehead atoms. The van der Waals surface area contributed by atoms with Gasteiger partial charge in [-0.25, -0.2) is 0 Å². The van der Waals surface area contributed by atoms with E-state index in [9.17, 15) is 0 Å². The third-order valence-electron chi connectivity index (χ3n) is 18.4. The number of rotatable bonds is 2. The summed E-state index contributed by atoms with van der Waals surface area (Å²) < 4.78 is 40.8. The highest BCUT2D eigenvalue weighted by Gasteiger charge is 2.54. The third kappa shape index (κ3) is 9.86. The molecule has 0 N–H and O–H groups in total. The molecule has 1 fully saturated rings. The molecular weight excluding hydrogens is 981 g/mol. The minimum Gasteiger partial charge on any atom is -0.521 e. The van der Waals surface area contributed by atoms with Crippen LogP contribution in [0.15, 0.2) is 140 Å². The summed E-state index contributed by atoms with van der Waals surface area (Å²) in [5.74, 6) is 5.54. The third-order valence-corrected chi connectivity index (χ3v) is 23.8. The Morgan fingerprint density at radius 3 is 1.56 bits per heavy atom. The van der Waals surface area contributed by atoms with Crippen molar-refractivity contribution in [3.05, 3.63) is 178 Å². The Bertz CT molecular complexity index is 3340. The molecule has 77 heavy (non-hydrogen) atoms. The van der Waals surface area contributed by atoms with E-state index in [2.05, 4.69) is 179 Å². The quantitative estimate of drug-likeness (QED) is 0.161. The second-order valence-corrected chi connectivity index (χ2v) is 32.2. The molecule has 400 valence electrons. The lowest BCUT2D eigenvalue weighted by Crippen LogP contribution is -2.52. The molecule has 0 aromatic heterocycles. The molecule has 0 saturated heterocycles. The molecule has 2 spiro atoms. The highest BCUT2D eigenvalue weighted by Crippen LogP contribution is 2.65. The second kappa shape index (κ2) is 19.7. The zero-order valence-corrected chi connectivity index (χ0v) is 49.9. The number of hydrogen-bond acceptors (Lipinski definition) is 6. The topological polar surface area (TPSA) is 55.4 Å². The van der Waals surface area contributed by atoms with E-state index < -0.39 is 22.7 Å². The van der Waals surface area contributed by atoms with Crippen molar-refractivity contribution < 1.29 is 27.2 Å². The monoisotopic (exact) mass is 1060 g/mol. The van der Waals surface area contributed by atoms with Crippen molar-refractivity contribution in [3.8, 4) is 51.4 Å². The molecule has 0 amide bonds. The molecule has 7 aromatic rings. The van der Waals surface area contributed by atoms with Crippen molar-refractivity contribution >= 4 is 34.0 Å². The van der Waals surface area contributed by atoms with Gasteiger partial charge in [0.1, 0.15) is 40.2 Å². The zero-order chi connectivity index (χ0) is 54.2. The predicted octanol–water partition coefficient (Wildman–Crippen LogP) is 19.7. The molecule has 8 heterocycles. The van der Waals surface area contributed by atoms with Gasteiger partial charge in [0.2, 0.25) is 0 Å². The lowest BCUT2D eigenvalue weighted by molar-refractivity contribution is -0.0128. The average molecular weight is 1060 g/mol. The van der Waals surface area contributed by atoms with E-state index in [0.717, 1.165) is 84.3 Å². The smallest absolute Gasteiger partial charge is 0.384 e. The van der Waals surface area contributed by atoms with Gasteiger partial charge in [-0.05, 0) is 208 Å². The molecule has 7 aromatic carbocycles. The van der Waals surface area contributed by atoms with Gasteiger partial charge in [-0.2, -0.15) is 0 Å². The van der Waals surface area contributed by atoms with Crippen LogP contribution < -0.4 is 23.1 Å². The van der Waals surface area contributed by atoms with Crippen molar-refractivity contribution in [3.63, 3.8) is 0 Å². The molecule has 1 atom stereocenters. The van der Waals surface area contributed by atoms with Crippen LogP contribution in [0.2, 0.25) is 26.2 Å². The Morgan fingerprint density at radius 1 is 0.506 bits per heavy atom. The number of aryl methyl sites for hydroxylation is 2. The Labute approximate surface area is 461 Å². The summed E-state index contributed by atoms with van der Waals surface area (Å²) in [5.41, 5.74) is 11.2. The Kier molecular flexibility index (Phi) is 13.5. The van der Waals surface area contributed by atoms with E-state index in [-0.39, 0.29) is 16.2 Å². The minimum atomic E-state index is -2.68. The van der Waals surface area contributed by atoms with E-state index in [1.54, 1.807) is 0 Å². The maximum atomic E-state index is 8.10. The fraction of sp³-hybridized carbons (Fsp3) is 0.391. The molecule has 0 radical (unpaired) electrons. The molecular formula is C69H80O6Si2. The van der Waals surface area contributed by atoms with Gasteiger partial charge in [0, 0.05) is 27.3 Å². The Balaban J connectivity index is 0.987. The highest BCUT2D eigenvalue weighted by atomic mass is 28.5. The molecule has 8 aliphatic heterocycles. The van der Waals surface area contributed by atoms with Crippen LogP contribution in [0, 0.1) is 24.7 Å². The normalized spacial score (nSPS) is 21.5. The van der Waals surface area contributed by atoms with Crippen LogP contribution in [0.5, 0.6) is 40.2 Å². The van der Waals surface area contributed by atoms with E-state index in [1.165, 1.54) is 81.0 Å². The van der Waals surface area contributed by atoms with E-state index in [0.29, 0.717) is 5.41 Å². The van der Waals surface area contributed by atoms with E-state index in [4.69, 9.17) is 27.2 Å². The van der Waals surface area contributed by atoms with Crippen LogP contribution in [0.25, 0.3) is 28.0 Å². The summed E-state index contributed by atoms with van der Waals surface area (Å²) in [4.78, 5) is 0. The first-order valence-electron chi connectivity index (χ1n) is 28.6. The van der Waals surface area contributed by atoms with Gasteiger partial charge >= 0.3 is 17.1 Å².